The zero-order chi connectivity index (χ0) is 16.2. The lowest BCUT2D eigenvalue weighted by Gasteiger charge is -2.32. The van der Waals surface area contributed by atoms with Gasteiger partial charge >= 0.3 is 0 Å². The molecule has 0 aliphatic carbocycles. The summed E-state index contributed by atoms with van der Waals surface area (Å²) in [6, 6.07) is 8.14. The molecule has 1 aromatic heterocycles. The molecule has 2 heterocycles. The van der Waals surface area contributed by atoms with Crippen LogP contribution in [0.1, 0.15) is 41.8 Å². The Balaban J connectivity index is 1.46. The van der Waals surface area contributed by atoms with Crippen LogP contribution < -0.4 is 0 Å². The molecule has 1 atom stereocenters. The summed E-state index contributed by atoms with van der Waals surface area (Å²) < 4.78 is 5.03. The Labute approximate surface area is 137 Å². The molecule has 0 bridgehead atoms. The molecule has 2 aromatic rings. The number of aryl methyl sites for hydroxylation is 2. The molecular weight excluding hydrogens is 290 g/mol. The maximum atomic E-state index is 10.4. The van der Waals surface area contributed by atoms with Crippen LogP contribution in [-0.4, -0.2) is 39.8 Å². The molecule has 0 saturated carbocycles. The summed E-state index contributed by atoms with van der Waals surface area (Å²) in [5.74, 6) is 2.07. The van der Waals surface area contributed by atoms with E-state index >= 15 is 0 Å². The summed E-state index contributed by atoms with van der Waals surface area (Å²) >= 11 is 0. The number of β-amino-alcohol motifs (C(OH)–C–C–N with tert-alkyl or cyclic N) is 1. The molecule has 3 rings (SSSR count). The van der Waals surface area contributed by atoms with E-state index in [1.165, 1.54) is 5.56 Å². The topological polar surface area (TPSA) is 62.4 Å². The summed E-state index contributed by atoms with van der Waals surface area (Å²) in [5.41, 5.74) is 2.22. The molecular formula is C18H25N3O2. The van der Waals surface area contributed by atoms with Gasteiger partial charge in [-0.15, -0.1) is 0 Å². The predicted octanol–water partition coefficient (Wildman–Crippen LogP) is 2.67. The minimum absolute atomic E-state index is 0.410. The molecule has 23 heavy (non-hydrogen) atoms. The van der Waals surface area contributed by atoms with E-state index in [4.69, 9.17) is 4.52 Å². The van der Waals surface area contributed by atoms with Crippen LogP contribution in [0.5, 0.6) is 0 Å². The van der Waals surface area contributed by atoms with Gasteiger partial charge in [0.2, 0.25) is 5.89 Å². The van der Waals surface area contributed by atoms with Gasteiger partial charge in [-0.25, -0.2) is 0 Å². The number of rotatable bonds is 5. The summed E-state index contributed by atoms with van der Waals surface area (Å²) in [4.78, 5) is 6.64. The van der Waals surface area contributed by atoms with Crippen molar-refractivity contribution in [2.75, 3.05) is 19.6 Å². The van der Waals surface area contributed by atoms with Crippen molar-refractivity contribution in [1.29, 1.82) is 0 Å². The number of benzene rings is 1. The summed E-state index contributed by atoms with van der Waals surface area (Å²) in [5, 5.41) is 14.4. The van der Waals surface area contributed by atoms with Crippen LogP contribution in [0.3, 0.4) is 0 Å². The van der Waals surface area contributed by atoms with Gasteiger partial charge in [-0.3, -0.25) is 0 Å². The maximum Gasteiger partial charge on any atom is 0.223 e. The summed E-state index contributed by atoms with van der Waals surface area (Å²) in [6.45, 7) is 6.63. The molecule has 0 radical (unpaired) electrons. The lowest BCUT2D eigenvalue weighted by Crippen LogP contribution is -2.37. The molecule has 1 aromatic carbocycles. The highest BCUT2D eigenvalue weighted by atomic mass is 16.5. The molecule has 1 fully saturated rings. The SMILES string of the molecule is Cc1ccc(C(O)CN2CCC(Cc3noc(C)n3)CC2)cc1. The van der Waals surface area contributed by atoms with Crippen LogP contribution >= 0.6 is 0 Å². The lowest BCUT2D eigenvalue weighted by molar-refractivity contribution is 0.0889. The first-order valence-electron chi connectivity index (χ1n) is 8.36. The normalized spacial score (nSPS) is 18.2. The van der Waals surface area contributed by atoms with Gasteiger partial charge in [0.1, 0.15) is 0 Å². The van der Waals surface area contributed by atoms with Crippen molar-refractivity contribution in [2.24, 2.45) is 5.92 Å². The number of likely N-dealkylation sites (tertiary alicyclic amines) is 1. The standard InChI is InChI=1S/C18H25N3O2/c1-13-3-5-16(6-4-13)17(22)12-21-9-7-15(8-10-21)11-18-19-14(2)23-20-18/h3-6,15,17,22H,7-12H2,1-2H3. The molecule has 0 spiro atoms. The molecule has 1 N–H and O–H groups in total. The van der Waals surface area contributed by atoms with Crippen molar-refractivity contribution in [3.63, 3.8) is 0 Å². The third kappa shape index (κ3) is 4.39. The number of piperidine rings is 1. The first-order chi connectivity index (χ1) is 11.1. The second-order valence-corrected chi connectivity index (χ2v) is 6.60. The Bertz CT molecular complexity index is 615. The van der Waals surface area contributed by atoms with E-state index in [0.717, 1.165) is 43.7 Å². The Morgan fingerprint density at radius 2 is 1.91 bits per heavy atom. The number of aliphatic hydroxyl groups excluding tert-OH is 1. The molecule has 1 unspecified atom stereocenters. The van der Waals surface area contributed by atoms with Gasteiger partial charge < -0.3 is 14.5 Å². The minimum atomic E-state index is -0.410. The van der Waals surface area contributed by atoms with Crippen molar-refractivity contribution >= 4 is 0 Å². The zero-order valence-electron chi connectivity index (χ0n) is 13.9. The first-order valence-corrected chi connectivity index (χ1v) is 8.36. The largest absolute Gasteiger partial charge is 0.387 e. The molecule has 124 valence electrons. The van der Waals surface area contributed by atoms with Crippen LogP contribution in [0.25, 0.3) is 0 Å². The van der Waals surface area contributed by atoms with Crippen LogP contribution in [0.15, 0.2) is 28.8 Å². The van der Waals surface area contributed by atoms with Crippen molar-refractivity contribution in [3.8, 4) is 0 Å². The van der Waals surface area contributed by atoms with Crippen molar-refractivity contribution in [2.45, 2.75) is 39.2 Å². The van der Waals surface area contributed by atoms with Crippen molar-refractivity contribution in [3.05, 3.63) is 47.1 Å². The Kier molecular flexibility index (Phi) is 5.08. The Morgan fingerprint density at radius 3 is 2.52 bits per heavy atom. The van der Waals surface area contributed by atoms with E-state index in [-0.39, 0.29) is 0 Å². The highest BCUT2D eigenvalue weighted by molar-refractivity contribution is 5.23. The fourth-order valence-electron chi connectivity index (χ4n) is 3.19. The summed E-state index contributed by atoms with van der Waals surface area (Å²) in [7, 11) is 0. The molecule has 1 aliphatic heterocycles. The highest BCUT2D eigenvalue weighted by Gasteiger charge is 2.23. The number of hydrogen-bond donors (Lipinski definition) is 1. The fraction of sp³-hybridized carbons (Fsp3) is 0.556. The van der Waals surface area contributed by atoms with Crippen LogP contribution in [0.4, 0.5) is 0 Å². The van der Waals surface area contributed by atoms with Gasteiger partial charge in [0.25, 0.3) is 0 Å². The quantitative estimate of drug-likeness (QED) is 0.919. The van der Waals surface area contributed by atoms with Crippen LogP contribution in [0.2, 0.25) is 0 Å². The Hall–Kier alpha value is -1.72. The number of nitrogens with zero attached hydrogens (tertiary/aromatic N) is 3. The zero-order valence-corrected chi connectivity index (χ0v) is 13.9. The van der Waals surface area contributed by atoms with Gasteiger partial charge in [-0.2, -0.15) is 4.98 Å². The summed E-state index contributed by atoms with van der Waals surface area (Å²) in [6.07, 6.45) is 2.72. The number of hydrogen-bond acceptors (Lipinski definition) is 5. The van der Waals surface area contributed by atoms with Gasteiger partial charge in [0.05, 0.1) is 6.10 Å². The number of aliphatic hydroxyl groups is 1. The van der Waals surface area contributed by atoms with Crippen molar-refractivity contribution in [1.82, 2.24) is 15.0 Å². The van der Waals surface area contributed by atoms with Gasteiger partial charge in [-0.1, -0.05) is 35.0 Å². The fourth-order valence-corrected chi connectivity index (χ4v) is 3.19. The van der Waals surface area contributed by atoms with Gasteiger partial charge in [-0.05, 0) is 44.3 Å². The van der Waals surface area contributed by atoms with Gasteiger partial charge in [0, 0.05) is 19.9 Å². The second kappa shape index (κ2) is 7.23. The Morgan fingerprint density at radius 1 is 1.22 bits per heavy atom. The predicted molar refractivity (Wildman–Crippen MR) is 88.0 cm³/mol. The first kappa shape index (κ1) is 16.1. The average Bonchev–Trinajstić information content (AvgIpc) is 2.95. The van der Waals surface area contributed by atoms with E-state index in [9.17, 15) is 5.11 Å². The van der Waals surface area contributed by atoms with Crippen molar-refractivity contribution < 1.29 is 9.63 Å². The molecule has 5 heteroatoms. The average molecular weight is 315 g/mol. The second-order valence-electron chi connectivity index (χ2n) is 6.60. The molecule has 1 saturated heterocycles. The smallest absolute Gasteiger partial charge is 0.223 e. The maximum absolute atomic E-state index is 10.4. The van der Waals surface area contributed by atoms with E-state index in [1.54, 1.807) is 0 Å². The number of aromatic nitrogens is 2. The van der Waals surface area contributed by atoms with E-state index < -0.39 is 6.10 Å². The van der Waals surface area contributed by atoms with E-state index in [2.05, 4.69) is 34.1 Å². The molecule has 5 nitrogen and oxygen atoms in total. The van der Waals surface area contributed by atoms with Crippen LogP contribution in [0, 0.1) is 19.8 Å². The third-order valence-electron chi connectivity index (χ3n) is 4.64. The third-order valence-corrected chi connectivity index (χ3v) is 4.64. The molecule has 1 aliphatic rings. The highest BCUT2D eigenvalue weighted by Crippen LogP contribution is 2.23. The molecule has 0 amide bonds. The minimum Gasteiger partial charge on any atom is -0.387 e. The van der Waals surface area contributed by atoms with Crippen LogP contribution in [-0.2, 0) is 6.42 Å². The monoisotopic (exact) mass is 315 g/mol. The van der Waals surface area contributed by atoms with Gasteiger partial charge in [0.15, 0.2) is 5.82 Å². The van der Waals surface area contributed by atoms with E-state index in [0.29, 0.717) is 18.4 Å². The lowest BCUT2D eigenvalue weighted by atomic mass is 9.93. The van der Waals surface area contributed by atoms with E-state index in [1.807, 2.05) is 19.1 Å².